The molecule has 0 saturated carbocycles. The van der Waals surface area contributed by atoms with Crippen LogP contribution in [0.4, 0.5) is 4.79 Å². The number of aliphatic carboxylic acids is 1. The van der Waals surface area contributed by atoms with Crippen LogP contribution in [-0.2, 0) is 11.2 Å². The number of carboxylic acids is 1. The first-order chi connectivity index (χ1) is 9.02. The third-order valence-electron chi connectivity index (χ3n) is 2.86. The van der Waals surface area contributed by atoms with Gasteiger partial charge in [-0.1, -0.05) is 37.3 Å². The van der Waals surface area contributed by atoms with Crippen molar-refractivity contribution in [3.8, 4) is 0 Å². The molecule has 1 rings (SSSR count). The molecule has 0 bridgehead atoms. The summed E-state index contributed by atoms with van der Waals surface area (Å²) >= 11 is 0. The van der Waals surface area contributed by atoms with Gasteiger partial charge in [0.15, 0.2) is 0 Å². The molecule has 2 amide bonds. The summed E-state index contributed by atoms with van der Waals surface area (Å²) in [4.78, 5) is 22.6. The minimum absolute atomic E-state index is 0.000806. The number of carbonyl (C=O) groups excluding carboxylic acids is 2. The van der Waals surface area contributed by atoms with Gasteiger partial charge in [-0.05, 0) is 25.3 Å². The van der Waals surface area contributed by atoms with Crippen molar-refractivity contribution in [2.45, 2.75) is 38.8 Å². The van der Waals surface area contributed by atoms with Crippen LogP contribution in [0.2, 0.25) is 0 Å². The van der Waals surface area contributed by atoms with Crippen LogP contribution < -0.4 is 15.7 Å². The number of urea groups is 1. The monoisotopic (exact) mass is 263 g/mol. The highest BCUT2D eigenvalue weighted by Gasteiger charge is 2.14. The van der Waals surface area contributed by atoms with E-state index in [-0.39, 0.29) is 12.5 Å². The molecule has 0 unspecified atom stereocenters. The molecular weight excluding hydrogens is 244 g/mol. The quantitative estimate of drug-likeness (QED) is 0.781. The summed E-state index contributed by atoms with van der Waals surface area (Å²) in [5.41, 5.74) is 0.834. The molecule has 0 radical (unpaired) electrons. The van der Waals surface area contributed by atoms with Gasteiger partial charge in [-0.3, -0.25) is 0 Å². The van der Waals surface area contributed by atoms with Gasteiger partial charge in [-0.25, -0.2) is 4.79 Å². The Balaban J connectivity index is 2.59. The standard InChI is InChI=1S/C14H20N2O3/c1-3-10(2)15-14(19)16-12(13(17)18)9-11-7-5-4-6-8-11/h4-8,10,12H,3,9H2,1-2H3,(H,17,18)(H2,15,16,19)/p-1/t10-,12+/m1/s1. The fourth-order valence-corrected chi connectivity index (χ4v) is 1.57. The minimum Gasteiger partial charge on any atom is -0.548 e. The third kappa shape index (κ3) is 5.42. The predicted octanol–water partition coefficient (Wildman–Crippen LogP) is 0.445. The predicted molar refractivity (Wildman–Crippen MR) is 70.4 cm³/mol. The average Bonchev–Trinajstić information content (AvgIpc) is 2.38. The van der Waals surface area contributed by atoms with E-state index in [9.17, 15) is 14.7 Å². The Kier molecular flexibility index (Phi) is 5.85. The summed E-state index contributed by atoms with van der Waals surface area (Å²) in [5, 5.41) is 16.1. The Morgan fingerprint density at radius 2 is 1.84 bits per heavy atom. The molecule has 19 heavy (non-hydrogen) atoms. The van der Waals surface area contributed by atoms with Crippen molar-refractivity contribution in [2.75, 3.05) is 0 Å². The molecule has 1 aromatic carbocycles. The molecule has 0 aliphatic carbocycles. The average molecular weight is 263 g/mol. The van der Waals surface area contributed by atoms with Gasteiger partial charge in [0.1, 0.15) is 0 Å². The zero-order valence-corrected chi connectivity index (χ0v) is 11.2. The van der Waals surface area contributed by atoms with Crippen molar-refractivity contribution in [2.24, 2.45) is 0 Å². The lowest BCUT2D eigenvalue weighted by molar-refractivity contribution is -0.308. The van der Waals surface area contributed by atoms with Gasteiger partial charge in [-0.2, -0.15) is 0 Å². The van der Waals surface area contributed by atoms with E-state index in [2.05, 4.69) is 10.6 Å². The lowest BCUT2D eigenvalue weighted by Crippen LogP contribution is -2.53. The summed E-state index contributed by atoms with van der Waals surface area (Å²) in [6.45, 7) is 3.79. The Labute approximate surface area is 113 Å². The molecule has 5 nitrogen and oxygen atoms in total. The van der Waals surface area contributed by atoms with E-state index in [1.807, 2.05) is 44.2 Å². The van der Waals surface area contributed by atoms with E-state index in [1.54, 1.807) is 0 Å². The first-order valence-corrected chi connectivity index (χ1v) is 6.34. The number of carboxylic acid groups (broad SMARTS) is 1. The summed E-state index contributed by atoms with van der Waals surface area (Å²) in [5.74, 6) is -1.29. The smallest absolute Gasteiger partial charge is 0.315 e. The van der Waals surface area contributed by atoms with Gasteiger partial charge in [0.05, 0.1) is 12.0 Å². The SMILES string of the molecule is CC[C@@H](C)NC(=O)N[C@@H](Cc1ccccc1)C(=O)[O-]. The number of hydrogen-bond acceptors (Lipinski definition) is 3. The van der Waals surface area contributed by atoms with Crippen LogP contribution in [0.1, 0.15) is 25.8 Å². The molecular formula is C14H19N2O3-. The van der Waals surface area contributed by atoms with Crippen molar-refractivity contribution in [3.63, 3.8) is 0 Å². The molecule has 0 spiro atoms. The van der Waals surface area contributed by atoms with Gasteiger partial charge >= 0.3 is 6.03 Å². The number of rotatable bonds is 6. The Bertz CT molecular complexity index is 420. The largest absolute Gasteiger partial charge is 0.548 e. The summed E-state index contributed by atoms with van der Waals surface area (Å²) in [6.07, 6.45) is 0.985. The van der Waals surface area contributed by atoms with Crippen molar-refractivity contribution < 1.29 is 14.7 Å². The van der Waals surface area contributed by atoms with Gasteiger partial charge in [0, 0.05) is 6.04 Å². The maximum atomic E-state index is 11.6. The normalized spacial score (nSPS) is 13.4. The third-order valence-corrected chi connectivity index (χ3v) is 2.86. The first-order valence-electron chi connectivity index (χ1n) is 6.34. The molecule has 2 N–H and O–H groups in total. The van der Waals surface area contributed by atoms with Crippen LogP contribution >= 0.6 is 0 Å². The Morgan fingerprint density at radius 1 is 1.21 bits per heavy atom. The van der Waals surface area contributed by atoms with E-state index in [4.69, 9.17) is 0 Å². The molecule has 5 heteroatoms. The summed E-state index contributed by atoms with van der Waals surface area (Å²) in [6, 6.07) is 7.58. The second kappa shape index (κ2) is 7.41. The van der Waals surface area contributed by atoms with E-state index in [1.165, 1.54) is 0 Å². The highest BCUT2D eigenvalue weighted by Crippen LogP contribution is 2.03. The van der Waals surface area contributed by atoms with Crippen LogP contribution in [0.5, 0.6) is 0 Å². The molecule has 0 heterocycles. The molecule has 0 aromatic heterocycles. The van der Waals surface area contributed by atoms with Crippen LogP contribution in [-0.4, -0.2) is 24.1 Å². The van der Waals surface area contributed by atoms with Crippen LogP contribution in [0.25, 0.3) is 0 Å². The van der Waals surface area contributed by atoms with Crippen molar-refractivity contribution in [1.82, 2.24) is 10.6 Å². The highest BCUT2D eigenvalue weighted by molar-refractivity contribution is 5.81. The van der Waals surface area contributed by atoms with Gasteiger partial charge in [0.2, 0.25) is 0 Å². The van der Waals surface area contributed by atoms with Gasteiger partial charge in [-0.15, -0.1) is 0 Å². The Morgan fingerprint density at radius 3 is 2.37 bits per heavy atom. The van der Waals surface area contributed by atoms with Crippen molar-refractivity contribution in [1.29, 1.82) is 0 Å². The number of carbonyl (C=O) groups is 2. The Hall–Kier alpha value is -2.04. The minimum atomic E-state index is -1.29. The summed E-state index contributed by atoms with van der Waals surface area (Å²) < 4.78 is 0. The number of amides is 2. The molecule has 2 atom stereocenters. The number of benzene rings is 1. The lowest BCUT2D eigenvalue weighted by atomic mass is 10.1. The van der Waals surface area contributed by atoms with Gasteiger partial charge < -0.3 is 20.5 Å². The molecule has 1 aromatic rings. The van der Waals surface area contributed by atoms with E-state index >= 15 is 0 Å². The number of nitrogens with one attached hydrogen (secondary N) is 2. The van der Waals surface area contributed by atoms with E-state index in [0.29, 0.717) is 0 Å². The zero-order valence-electron chi connectivity index (χ0n) is 11.2. The van der Waals surface area contributed by atoms with Gasteiger partial charge in [0.25, 0.3) is 0 Å². The molecule has 0 aliphatic heterocycles. The maximum absolute atomic E-state index is 11.6. The molecule has 0 fully saturated rings. The molecule has 104 valence electrons. The first kappa shape index (κ1) is 15.0. The fourth-order valence-electron chi connectivity index (χ4n) is 1.57. The van der Waals surface area contributed by atoms with Crippen LogP contribution in [0.15, 0.2) is 30.3 Å². The zero-order chi connectivity index (χ0) is 14.3. The maximum Gasteiger partial charge on any atom is 0.315 e. The van der Waals surface area contributed by atoms with Crippen LogP contribution in [0, 0.1) is 0 Å². The second-order valence-corrected chi connectivity index (χ2v) is 4.49. The van der Waals surface area contributed by atoms with Crippen LogP contribution in [0.3, 0.4) is 0 Å². The topological polar surface area (TPSA) is 81.3 Å². The summed E-state index contributed by atoms with van der Waals surface area (Å²) in [7, 11) is 0. The fraction of sp³-hybridized carbons (Fsp3) is 0.429. The molecule has 0 aliphatic rings. The number of hydrogen-bond donors (Lipinski definition) is 2. The highest BCUT2D eigenvalue weighted by atomic mass is 16.4. The molecule has 0 saturated heterocycles. The van der Waals surface area contributed by atoms with Crippen molar-refractivity contribution >= 4 is 12.0 Å². The lowest BCUT2D eigenvalue weighted by Gasteiger charge is -2.21. The van der Waals surface area contributed by atoms with E-state index in [0.717, 1.165) is 12.0 Å². The van der Waals surface area contributed by atoms with Crippen molar-refractivity contribution in [3.05, 3.63) is 35.9 Å². The second-order valence-electron chi connectivity index (χ2n) is 4.49. The van der Waals surface area contributed by atoms with E-state index < -0.39 is 18.0 Å².